The van der Waals surface area contributed by atoms with Crippen molar-refractivity contribution >= 4 is 28.7 Å². The smallest absolute Gasteiger partial charge is 0.409 e. The van der Waals surface area contributed by atoms with E-state index in [-0.39, 0.29) is 16.9 Å². The van der Waals surface area contributed by atoms with Crippen LogP contribution in [0.3, 0.4) is 0 Å². The Labute approximate surface area is 101 Å². The van der Waals surface area contributed by atoms with Gasteiger partial charge in [0.1, 0.15) is 6.61 Å². The lowest BCUT2D eigenvalue weighted by Crippen LogP contribution is -2.27. The van der Waals surface area contributed by atoms with Gasteiger partial charge in [0.2, 0.25) is 0 Å². The van der Waals surface area contributed by atoms with Crippen LogP contribution in [0.1, 0.15) is 5.56 Å². The summed E-state index contributed by atoms with van der Waals surface area (Å²) in [7, 11) is 0. The van der Waals surface area contributed by atoms with Gasteiger partial charge in [0.05, 0.1) is 0 Å². The van der Waals surface area contributed by atoms with Gasteiger partial charge < -0.3 is 9.47 Å². The first-order valence-corrected chi connectivity index (χ1v) is 5.77. The van der Waals surface area contributed by atoms with Gasteiger partial charge in [-0.1, -0.05) is 30.3 Å². The van der Waals surface area contributed by atoms with E-state index in [4.69, 9.17) is 9.47 Å². The predicted molar refractivity (Wildman–Crippen MR) is 62.4 cm³/mol. The summed E-state index contributed by atoms with van der Waals surface area (Å²) in [6, 6.07) is 9.54. The Morgan fingerprint density at radius 2 is 2.13 bits per heavy atom. The summed E-state index contributed by atoms with van der Waals surface area (Å²) in [6.07, 6.45) is -0.628. The highest BCUT2D eigenvalue weighted by atomic mass is 127. The topological polar surface area (TPSA) is 50.9 Å². The molecule has 1 aromatic carbocycles. The summed E-state index contributed by atoms with van der Waals surface area (Å²) in [5, 5.41) is 2.58. The van der Waals surface area contributed by atoms with Gasteiger partial charge in [0.25, 0.3) is 0 Å². The highest BCUT2D eigenvalue weighted by Gasteiger charge is 2.38. The number of rotatable bonds is 3. The minimum atomic E-state index is -0.442. The summed E-state index contributed by atoms with van der Waals surface area (Å²) in [5.41, 5.74) is 0.968. The summed E-state index contributed by atoms with van der Waals surface area (Å²) in [6.45, 7) is 0.283. The predicted octanol–water partition coefficient (Wildman–Crippen LogP) is 2.03. The van der Waals surface area contributed by atoms with E-state index in [9.17, 15) is 4.79 Å². The maximum absolute atomic E-state index is 11.2. The van der Waals surface area contributed by atoms with Crippen LogP contribution >= 0.6 is 22.6 Å². The first kappa shape index (κ1) is 10.7. The summed E-state index contributed by atoms with van der Waals surface area (Å²) in [5.74, 6) is 0. The minimum Gasteiger partial charge on any atom is -0.445 e. The molecule has 1 N–H and O–H groups in total. The molecule has 1 amide bonds. The van der Waals surface area contributed by atoms with Gasteiger partial charge in [-0.25, -0.2) is 4.79 Å². The van der Waals surface area contributed by atoms with Crippen LogP contribution in [0.15, 0.2) is 30.3 Å². The number of carbonyl (C=O) groups excluding carboxylic acids is 1. The van der Waals surface area contributed by atoms with Crippen LogP contribution < -0.4 is 5.32 Å². The molecule has 0 bridgehead atoms. The summed E-state index contributed by atoms with van der Waals surface area (Å²) in [4.78, 5) is 11.2. The van der Waals surface area contributed by atoms with Gasteiger partial charge in [-0.2, -0.15) is 0 Å². The molecule has 1 aliphatic rings. The van der Waals surface area contributed by atoms with Crippen LogP contribution in [0.25, 0.3) is 0 Å². The fourth-order valence-corrected chi connectivity index (χ4v) is 1.57. The van der Waals surface area contributed by atoms with E-state index in [2.05, 4.69) is 27.9 Å². The van der Waals surface area contributed by atoms with E-state index in [1.54, 1.807) is 0 Å². The zero-order valence-corrected chi connectivity index (χ0v) is 10.0. The van der Waals surface area contributed by atoms with Gasteiger partial charge in [-0.05, 0) is 28.2 Å². The summed E-state index contributed by atoms with van der Waals surface area (Å²) < 4.78 is 10.1. The number of ether oxygens (including phenoxy) is 2. The van der Waals surface area contributed by atoms with Crippen LogP contribution in [0.2, 0.25) is 0 Å². The second-order valence-corrected chi connectivity index (χ2v) is 4.34. The Morgan fingerprint density at radius 1 is 1.47 bits per heavy atom. The fourth-order valence-electron chi connectivity index (χ4n) is 1.08. The van der Waals surface area contributed by atoms with E-state index in [0.717, 1.165) is 5.56 Å². The monoisotopic (exact) mass is 319 g/mol. The van der Waals surface area contributed by atoms with Crippen molar-refractivity contribution in [2.24, 2.45) is 0 Å². The molecule has 1 aromatic rings. The maximum atomic E-state index is 11.2. The van der Waals surface area contributed by atoms with E-state index in [1.807, 2.05) is 30.3 Å². The molecular weight excluding hydrogens is 309 g/mol. The lowest BCUT2D eigenvalue weighted by atomic mass is 10.2. The zero-order valence-electron chi connectivity index (χ0n) is 7.85. The fraction of sp³-hybridized carbons (Fsp3) is 0.300. The second-order valence-electron chi connectivity index (χ2n) is 3.11. The lowest BCUT2D eigenvalue weighted by Gasteiger charge is -2.04. The molecular formula is C10H10INO3. The third-order valence-corrected chi connectivity index (χ3v) is 2.86. The van der Waals surface area contributed by atoms with Crippen molar-refractivity contribution in [3.05, 3.63) is 35.9 Å². The van der Waals surface area contributed by atoms with Crippen molar-refractivity contribution in [3.8, 4) is 0 Å². The molecule has 1 fully saturated rings. The Kier molecular flexibility index (Phi) is 3.42. The molecule has 0 spiro atoms. The third kappa shape index (κ3) is 3.35. The average Bonchev–Trinajstić information content (AvgIpc) is 2.93. The molecule has 2 rings (SSSR count). The van der Waals surface area contributed by atoms with Crippen LogP contribution in [0.5, 0.6) is 0 Å². The Morgan fingerprint density at radius 3 is 2.73 bits per heavy atom. The zero-order chi connectivity index (χ0) is 10.7. The van der Waals surface area contributed by atoms with Crippen LogP contribution in [0.4, 0.5) is 4.79 Å². The van der Waals surface area contributed by atoms with E-state index < -0.39 is 6.09 Å². The largest absolute Gasteiger partial charge is 0.445 e. The van der Waals surface area contributed by atoms with Crippen LogP contribution in [-0.2, 0) is 16.1 Å². The molecule has 0 saturated carbocycles. The highest BCUT2D eigenvalue weighted by molar-refractivity contribution is 14.1. The number of hydrogen-bond acceptors (Lipinski definition) is 3. The van der Waals surface area contributed by atoms with Gasteiger partial charge in [-0.3, -0.25) is 5.32 Å². The Bertz CT molecular complexity index is 344. The molecule has 4 nitrogen and oxygen atoms in total. The van der Waals surface area contributed by atoms with Gasteiger partial charge in [-0.15, -0.1) is 0 Å². The first-order chi connectivity index (χ1) is 7.25. The van der Waals surface area contributed by atoms with Gasteiger partial charge in [0.15, 0.2) is 10.3 Å². The number of alkyl carbamates (subject to hydrolysis) is 1. The van der Waals surface area contributed by atoms with Crippen molar-refractivity contribution < 1.29 is 14.3 Å². The average molecular weight is 319 g/mol. The van der Waals surface area contributed by atoms with Crippen molar-refractivity contribution in [2.45, 2.75) is 16.9 Å². The quantitative estimate of drug-likeness (QED) is 0.527. The SMILES string of the molecule is O=C(NC1OC1I)OCc1ccccc1. The van der Waals surface area contributed by atoms with Crippen molar-refractivity contribution in [2.75, 3.05) is 0 Å². The lowest BCUT2D eigenvalue weighted by molar-refractivity contribution is 0.135. The minimum absolute atomic E-state index is 0.0758. The highest BCUT2D eigenvalue weighted by Crippen LogP contribution is 2.25. The molecule has 5 heteroatoms. The van der Waals surface area contributed by atoms with Gasteiger partial charge in [0, 0.05) is 0 Å². The number of hydrogen-bond donors (Lipinski definition) is 1. The molecule has 2 atom stereocenters. The molecule has 1 aliphatic heterocycles. The Balaban J connectivity index is 1.71. The molecule has 2 unspecified atom stereocenters. The number of nitrogens with one attached hydrogen (secondary N) is 1. The van der Waals surface area contributed by atoms with Crippen LogP contribution in [-0.4, -0.2) is 16.4 Å². The van der Waals surface area contributed by atoms with Crippen molar-refractivity contribution in [3.63, 3.8) is 0 Å². The van der Waals surface area contributed by atoms with Crippen molar-refractivity contribution in [1.82, 2.24) is 5.32 Å². The first-order valence-electron chi connectivity index (χ1n) is 4.52. The molecule has 80 valence electrons. The standard InChI is InChI=1S/C10H10INO3/c11-8-9(15-8)12-10(13)14-6-7-4-2-1-3-5-7/h1-5,8-9H,6H2,(H,12,13). The summed E-state index contributed by atoms with van der Waals surface area (Å²) >= 11 is 2.10. The molecule has 0 aromatic heterocycles. The third-order valence-electron chi connectivity index (χ3n) is 1.91. The molecule has 1 heterocycles. The number of epoxide rings is 1. The molecule has 1 saturated heterocycles. The molecule has 0 radical (unpaired) electrons. The number of benzene rings is 1. The number of carbonyl (C=O) groups is 1. The van der Waals surface area contributed by atoms with E-state index >= 15 is 0 Å². The maximum Gasteiger partial charge on any atom is 0.409 e. The number of amides is 1. The van der Waals surface area contributed by atoms with Gasteiger partial charge >= 0.3 is 6.09 Å². The normalized spacial score (nSPS) is 23.3. The van der Waals surface area contributed by atoms with Crippen molar-refractivity contribution in [1.29, 1.82) is 0 Å². The Hall–Kier alpha value is -0.820. The van der Waals surface area contributed by atoms with E-state index in [1.165, 1.54) is 0 Å². The van der Waals surface area contributed by atoms with Crippen LogP contribution in [0, 0.1) is 0 Å². The molecule has 0 aliphatic carbocycles. The van der Waals surface area contributed by atoms with E-state index in [0.29, 0.717) is 0 Å². The number of halogens is 1. The molecule has 15 heavy (non-hydrogen) atoms. The second kappa shape index (κ2) is 4.80. The number of alkyl halides is 1.